The first kappa shape index (κ1) is 9.15. The van der Waals surface area contributed by atoms with E-state index in [0.29, 0.717) is 5.82 Å². The first-order chi connectivity index (χ1) is 6.81. The Labute approximate surface area is 89.5 Å². The van der Waals surface area contributed by atoms with Gasteiger partial charge in [0.2, 0.25) is 6.41 Å². The summed E-state index contributed by atoms with van der Waals surface area (Å²) in [6.07, 6.45) is 3.97. The van der Waals surface area contributed by atoms with Crippen LogP contribution in [0.4, 0.5) is 0 Å². The third kappa shape index (κ3) is 1.61. The van der Waals surface area contributed by atoms with Crippen molar-refractivity contribution in [2.45, 2.75) is 0 Å². The smallest absolute Gasteiger partial charge is 0.219 e. The molecule has 3 nitrogen and oxygen atoms in total. The minimum Gasteiger partial charge on any atom is -0.278 e. The van der Waals surface area contributed by atoms with Crippen molar-refractivity contribution in [3.05, 3.63) is 41.1 Å². The number of hydrogen-bond acceptors (Lipinski definition) is 2. The SMILES string of the molecule is O=Cn1ccnc1-c1ccc(Br)cc1. The minimum atomic E-state index is 0.660. The first-order valence-electron chi connectivity index (χ1n) is 4.05. The number of rotatable bonds is 2. The number of aromatic nitrogens is 2. The van der Waals surface area contributed by atoms with Gasteiger partial charge in [0, 0.05) is 22.4 Å². The highest BCUT2D eigenvalue weighted by Gasteiger charge is 2.03. The predicted molar refractivity (Wildman–Crippen MR) is 57.5 cm³/mol. The molecule has 0 radical (unpaired) electrons. The fourth-order valence-corrected chi connectivity index (χ4v) is 1.48. The van der Waals surface area contributed by atoms with Crippen LogP contribution in [0.25, 0.3) is 11.4 Å². The maximum Gasteiger partial charge on any atom is 0.219 e. The Kier molecular flexibility index (Phi) is 2.45. The van der Waals surface area contributed by atoms with Crippen LogP contribution in [0.5, 0.6) is 0 Å². The van der Waals surface area contributed by atoms with E-state index < -0.39 is 0 Å². The van der Waals surface area contributed by atoms with Crippen molar-refractivity contribution in [1.29, 1.82) is 0 Å². The number of benzene rings is 1. The van der Waals surface area contributed by atoms with Crippen molar-refractivity contribution in [3.8, 4) is 11.4 Å². The van der Waals surface area contributed by atoms with Crippen molar-refractivity contribution in [2.24, 2.45) is 0 Å². The monoisotopic (exact) mass is 250 g/mol. The maximum atomic E-state index is 10.6. The van der Waals surface area contributed by atoms with E-state index in [1.807, 2.05) is 24.3 Å². The summed E-state index contributed by atoms with van der Waals surface area (Å²) in [5.74, 6) is 0.660. The number of nitrogens with zero attached hydrogens (tertiary/aromatic N) is 2. The molecule has 0 saturated carbocycles. The Balaban J connectivity index is 2.49. The molecule has 70 valence electrons. The maximum absolute atomic E-state index is 10.6. The van der Waals surface area contributed by atoms with Crippen molar-refractivity contribution in [2.75, 3.05) is 0 Å². The largest absolute Gasteiger partial charge is 0.278 e. The minimum absolute atomic E-state index is 0.660. The lowest BCUT2D eigenvalue weighted by atomic mass is 10.2. The van der Waals surface area contributed by atoms with E-state index in [1.54, 1.807) is 12.4 Å². The van der Waals surface area contributed by atoms with Crippen molar-refractivity contribution >= 4 is 22.3 Å². The van der Waals surface area contributed by atoms with Crippen molar-refractivity contribution < 1.29 is 4.79 Å². The van der Waals surface area contributed by atoms with Crippen LogP contribution < -0.4 is 0 Å². The summed E-state index contributed by atoms with van der Waals surface area (Å²) in [5, 5.41) is 0. The van der Waals surface area contributed by atoms with Gasteiger partial charge in [-0.05, 0) is 12.1 Å². The zero-order valence-electron chi connectivity index (χ0n) is 7.22. The second kappa shape index (κ2) is 3.75. The van der Waals surface area contributed by atoms with Crippen LogP contribution in [0.1, 0.15) is 0 Å². The van der Waals surface area contributed by atoms with Gasteiger partial charge < -0.3 is 0 Å². The van der Waals surface area contributed by atoms with Crippen molar-refractivity contribution in [3.63, 3.8) is 0 Å². The van der Waals surface area contributed by atoms with Gasteiger partial charge in [-0.15, -0.1) is 0 Å². The van der Waals surface area contributed by atoms with E-state index in [9.17, 15) is 4.79 Å². The number of halogens is 1. The van der Waals surface area contributed by atoms with Gasteiger partial charge >= 0.3 is 0 Å². The first-order valence-corrected chi connectivity index (χ1v) is 4.84. The van der Waals surface area contributed by atoms with Crippen LogP contribution in [0.15, 0.2) is 41.1 Å². The van der Waals surface area contributed by atoms with Gasteiger partial charge in [0.1, 0.15) is 5.82 Å². The molecule has 4 heteroatoms. The van der Waals surface area contributed by atoms with Crippen LogP contribution in [-0.2, 0) is 4.79 Å². The summed E-state index contributed by atoms with van der Waals surface area (Å²) < 4.78 is 2.45. The average Bonchev–Trinajstić information content (AvgIpc) is 2.67. The molecule has 0 atom stereocenters. The topological polar surface area (TPSA) is 34.9 Å². The van der Waals surface area contributed by atoms with E-state index in [1.165, 1.54) is 4.57 Å². The molecule has 1 aromatic heterocycles. The van der Waals surface area contributed by atoms with Crippen molar-refractivity contribution in [1.82, 2.24) is 9.55 Å². The number of carbonyl (C=O) groups is 1. The molecular weight excluding hydrogens is 244 g/mol. The Hall–Kier alpha value is -1.42. The predicted octanol–water partition coefficient (Wildman–Crippen LogP) is 2.35. The third-order valence-corrected chi connectivity index (χ3v) is 2.41. The molecule has 0 aliphatic rings. The van der Waals surface area contributed by atoms with Crippen LogP contribution >= 0.6 is 15.9 Å². The molecule has 0 aliphatic carbocycles. The van der Waals surface area contributed by atoms with Gasteiger partial charge in [-0.25, -0.2) is 4.98 Å². The Morgan fingerprint density at radius 2 is 2.00 bits per heavy atom. The molecule has 0 unspecified atom stereocenters. The number of hydrogen-bond donors (Lipinski definition) is 0. The molecule has 0 N–H and O–H groups in total. The van der Waals surface area contributed by atoms with Crippen LogP contribution in [0, 0.1) is 0 Å². The lowest BCUT2D eigenvalue weighted by Gasteiger charge is -2.00. The molecule has 1 heterocycles. The van der Waals surface area contributed by atoms with E-state index >= 15 is 0 Å². The molecular formula is C10H7BrN2O. The molecule has 0 aliphatic heterocycles. The fraction of sp³-hybridized carbons (Fsp3) is 0. The molecule has 0 bridgehead atoms. The standard InChI is InChI=1S/C10H7BrN2O/c11-9-3-1-8(2-4-9)10-12-5-6-13(10)7-14/h1-7H. The van der Waals surface area contributed by atoms with E-state index in [2.05, 4.69) is 20.9 Å². The molecule has 0 fully saturated rings. The van der Waals surface area contributed by atoms with Gasteiger partial charge in [-0.2, -0.15) is 0 Å². The second-order valence-corrected chi connectivity index (χ2v) is 3.69. The lowest BCUT2D eigenvalue weighted by molar-refractivity contribution is 0.548. The van der Waals surface area contributed by atoms with E-state index in [-0.39, 0.29) is 0 Å². The number of carbonyl (C=O) groups excluding carboxylic acids is 1. The van der Waals surface area contributed by atoms with E-state index in [4.69, 9.17) is 0 Å². The van der Waals surface area contributed by atoms with Crippen LogP contribution in [0.2, 0.25) is 0 Å². The quantitative estimate of drug-likeness (QED) is 0.768. The third-order valence-electron chi connectivity index (χ3n) is 1.88. The summed E-state index contributed by atoms with van der Waals surface area (Å²) >= 11 is 3.35. The summed E-state index contributed by atoms with van der Waals surface area (Å²) in [4.78, 5) is 14.7. The molecule has 0 amide bonds. The molecule has 2 rings (SSSR count). The Morgan fingerprint density at radius 3 is 2.64 bits per heavy atom. The second-order valence-electron chi connectivity index (χ2n) is 2.77. The average molecular weight is 251 g/mol. The van der Waals surface area contributed by atoms with Gasteiger partial charge in [0.05, 0.1) is 0 Å². The summed E-state index contributed by atoms with van der Waals surface area (Å²) in [6.45, 7) is 0. The van der Waals surface area contributed by atoms with Crippen LogP contribution in [-0.4, -0.2) is 16.0 Å². The summed E-state index contributed by atoms with van der Waals surface area (Å²) in [5.41, 5.74) is 0.922. The summed E-state index contributed by atoms with van der Waals surface area (Å²) in [6, 6.07) is 7.65. The number of imidazole rings is 1. The highest BCUT2D eigenvalue weighted by molar-refractivity contribution is 9.10. The molecule has 0 spiro atoms. The fourth-order valence-electron chi connectivity index (χ4n) is 1.22. The highest BCUT2D eigenvalue weighted by Crippen LogP contribution is 2.19. The van der Waals surface area contributed by atoms with Crippen LogP contribution in [0.3, 0.4) is 0 Å². The van der Waals surface area contributed by atoms with Gasteiger partial charge in [0.25, 0.3) is 0 Å². The normalized spacial score (nSPS) is 10.1. The van der Waals surface area contributed by atoms with Gasteiger partial charge in [-0.1, -0.05) is 28.1 Å². The molecule has 0 saturated heterocycles. The Bertz CT molecular complexity index is 447. The highest BCUT2D eigenvalue weighted by atomic mass is 79.9. The van der Waals surface area contributed by atoms with Gasteiger partial charge in [0.15, 0.2) is 0 Å². The molecule has 14 heavy (non-hydrogen) atoms. The zero-order valence-corrected chi connectivity index (χ0v) is 8.81. The zero-order chi connectivity index (χ0) is 9.97. The summed E-state index contributed by atoms with van der Waals surface area (Å²) in [7, 11) is 0. The molecule has 2 aromatic rings. The Morgan fingerprint density at radius 1 is 1.29 bits per heavy atom. The lowest BCUT2D eigenvalue weighted by Crippen LogP contribution is -1.95. The van der Waals surface area contributed by atoms with Gasteiger partial charge in [-0.3, -0.25) is 9.36 Å². The molecule has 1 aromatic carbocycles. The van der Waals surface area contributed by atoms with E-state index in [0.717, 1.165) is 16.4 Å².